The molecule has 0 aliphatic heterocycles. The Balaban J connectivity index is 1.15. The van der Waals surface area contributed by atoms with E-state index >= 15 is 0 Å². The van der Waals surface area contributed by atoms with Crippen LogP contribution in [0.25, 0.3) is 104 Å². The SMILES string of the molecule is c1ccc(-c2nc(-c3cccc4c3oc3ccccc34)nc(-c3cccc4sc5ccc(-c6nc7ccccc7n6-c6ccccc6)cc5c34)n2)cc1. The maximum absolute atomic E-state index is 6.46. The van der Waals surface area contributed by atoms with Gasteiger partial charge in [0, 0.05) is 53.3 Å². The van der Waals surface area contributed by atoms with E-state index in [0.29, 0.717) is 17.5 Å². The van der Waals surface area contributed by atoms with Gasteiger partial charge in [0.25, 0.3) is 0 Å². The molecule has 248 valence electrons. The fraction of sp³-hybridized carbons (Fsp3) is 0. The number of imidazole rings is 1. The summed E-state index contributed by atoms with van der Waals surface area (Å²) in [5, 5.41) is 4.33. The van der Waals surface area contributed by atoms with Gasteiger partial charge in [0.1, 0.15) is 17.0 Å². The summed E-state index contributed by atoms with van der Waals surface area (Å²) in [6.07, 6.45) is 0. The number of rotatable bonds is 5. The van der Waals surface area contributed by atoms with Crippen LogP contribution in [-0.2, 0) is 0 Å². The maximum atomic E-state index is 6.46. The summed E-state index contributed by atoms with van der Waals surface area (Å²) in [6.45, 7) is 0. The number of fused-ring (bicyclic) bond motifs is 7. The van der Waals surface area contributed by atoms with E-state index in [9.17, 15) is 0 Å². The van der Waals surface area contributed by atoms with Crippen molar-refractivity contribution in [3.63, 3.8) is 0 Å². The van der Waals surface area contributed by atoms with Gasteiger partial charge in [-0.05, 0) is 60.7 Å². The average Bonchev–Trinajstić information content (AvgIpc) is 3.92. The zero-order valence-electron chi connectivity index (χ0n) is 28.1. The van der Waals surface area contributed by atoms with E-state index in [2.05, 4.69) is 95.6 Å². The summed E-state index contributed by atoms with van der Waals surface area (Å²) in [6, 6.07) is 56.2. The normalized spacial score (nSPS) is 11.8. The second-order valence-electron chi connectivity index (χ2n) is 13.0. The van der Waals surface area contributed by atoms with Crippen LogP contribution in [0.2, 0.25) is 0 Å². The first kappa shape index (κ1) is 29.7. The molecule has 0 saturated heterocycles. The molecule has 0 aliphatic carbocycles. The monoisotopic (exact) mass is 697 g/mol. The molecule has 0 aliphatic rings. The van der Waals surface area contributed by atoms with Crippen molar-refractivity contribution in [2.75, 3.05) is 0 Å². The Kier molecular flexibility index (Phi) is 6.62. The van der Waals surface area contributed by atoms with Crippen molar-refractivity contribution >= 4 is 64.5 Å². The highest BCUT2D eigenvalue weighted by Crippen LogP contribution is 2.42. The predicted octanol–water partition coefficient (Wildman–Crippen LogP) is 12.1. The molecule has 0 fully saturated rings. The molecule has 0 atom stereocenters. The topological polar surface area (TPSA) is 69.6 Å². The molecule has 4 aromatic heterocycles. The van der Waals surface area contributed by atoms with Crippen LogP contribution in [-0.4, -0.2) is 24.5 Å². The van der Waals surface area contributed by atoms with Crippen molar-refractivity contribution in [2.45, 2.75) is 0 Å². The van der Waals surface area contributed by atoms with Crippen LogP contribution in [0.5, 0.6) is 0 Å². The van der Waals surface area contributed by atoms with Crippen LogP contribution in [0.1, 0.15) is 0 Å². The van der Waals surface area contributed by atoms with Crippen molar-refractivity contribution in [1.29, 1.82) is 0 Å². The third-order valence-electron chi connectivity index (χ3n) is 9.88. The summed E-state index contributed by atoms with van der Waals surface area (Å²) in [5.41, 5.74) is 8.39. The Labute approximate surface area is 307 Å². The summed E-state index contributed by atoms with van der Waals surface area (Å²) in [4.78, 5) is 20.6. The van der Waals surface area contributed by atoms with Crippen molar-refractivity contribution in [2.24, 2.45) is 0 Å². The number of aromatic nitrogens is 5. The zero-order chi connectivity index (χ0) is 34.9. The largest absolute Gasteiger partial charge is 0.455 e. The fourth-order valence-corrected chi connectivity index (χ4v) is 8.58. The van der Waals surface area contributed by atoms with E-state index in [1.807, 2.05) is 72.8 Å². The van der Waals surface area contributed by atoms with Crippen LogP contribution in [0.15, 0.2) is 168 Å². The number of furan rings is 1. The van der Waals surface area contributed by atoms with E-state index < -0.39 is 0 Å². The number of hydrogen-bond acceptors (Lipinski definition) is 6. The molecule has 0 saturated carbocycles. The molecular formula is C46H27N5OS. The Morgan fingerprint density at radius 3 is 2.06 bits per heavy atom. The smallest absolute Gasteiger partial charge is 0.167 e. The van der Waals surface area contributed by atoms with Gasteiger partial charge in [-0.3, -0.25) is 4.57 Å². The van der Waals surface area contributed by atoms with Gasteiger partial charge in [-0.2, -0.15) is 0 Å². The van der Waals surface area contributed by atoms with E-state index in [1.54, 1.807) is 11.3 Å². The highest BCUT2D eigenvalue weighted by Gasteiger charge is 2.21. The standard InChI is InChI=1S/C46H27N5OS/c1-3-13-28(14-4-1)43-48-44(50-45(49-43)34-20-11-18-32-31-17-7-10-23-38(31)52-42(32)34)33-19-12-24-40-41(33)35-27-29(25-26-39(35)53-40)46-47-36-21-8-9-22-37(36)51(46)30-15-5-2-6-16-30/h1-27H. The molecule has 0 unspecified atom stereocenters. The van der Waals surface area contributed by atoms with Crippen LogP contribution < -0.4 is 0 Å². The second kappa shape index (κ2) is 11.8. The second-order valence-corrected chi connectivity index (χ2v) is 14.1. The van der Waals surface area contributed by atoms with Gasteiger partial charge < -0.3 is 4.42 Å². The molecule has 11 aromatic rings. The molecule has 0 N–H and O–H groups in total. The lowest BCUT2D eigenvalue weighted by Crippen LogP contribution is -2.00. The minimum Gasteiger partial charge on any atom is -0.455 e. The van der Waals surface area contributed by atoms with Gasteiger partial charge in [-0.25, -0.2) is 19.9 Å². The molecule has 6 nitrogen and oxygen atoms in total. The highest BCUT2D eigenvalue weighted by molar-refractivity contribution is 7.26. The molecule has 0 bridgehead atoms. The van der Waals surface area contributed by atoms with Gasteiger partial charge in [-0.15, -0.1) is 11.3 Å². The number of benzene rings is 7. The Hall–Kier alpha value is -6.96. The molecule has 7 aromatic carbocycles. The van der Waals surface area contributed by atoms with E-state index in [4.69, 9.17) is 24.4 Å². The lowest BCUT2D eigenvalue weighted by Gasteiger charge is -2.11. The van der Waals surface area contributed by atoms with Crippen molar-refractivity contribution in [3.8, 4) is 51.2 Å². The molecule has 0 amide bonds. The van der Waals surface area contributed by atoms with Crippen molar-refractivity contribution in [1.82, 2.24) is 24.5 Å². The van der Waals surface area contributed by atoms with Gasteiger partial charge in [-0.1, -0.05) is 103 Å². The Morgan fingerprint density at radius 1 is 0.472 bits per heavy atom. The lowest BCUT2D eigenvalue weighted by molar-refractivity contribution is 0.669. The molecule has 0 radical (unpaired) electrons. The van der Waals surface area contributed by atoms with Gasteiger partial charge in [0.2, 0.25) is 0 Å². The average molecular weight is 698 g/mol. The molecular weight excluding hydrogens is 671 g/mol. The van der Waals surface area contributed by atoms with E-state index in [-0.39, 0.29) is 0 Å². The fourth-order valence-electron chi connectivity index (χ4n) is 7.47. The number of thiophene rings is 1. The quantitative estimate of drug-likeness (QED) is 0.179. The summed E-state index contributed by atoms with van der Waals surface area (Å²) in [7, 11) is 0. The number of para-hydroxylation sites is 5. The molecule has 0 spiro atoms. The van der Waals surface area contributed by atoms with Gasteiger partial charge in [0.05, 0.1) is 16.6 Å². The third kappa shape index (κ3) is 4.79. The number of hydrogen-bond donors (Lipinski definition) is 0. The minimum absolute atomic E-state index is 0.562. The molecule has 4 heterocycles. The molecule has 7 heteroatoms. The third-order valence-corrected chi connectivity index (χ3v) is 11.0. The number of nitrogens with zero attached hydrogens (tertiary/aromatic N) is 5. The molecule has 11 rings (SSSR count). The van der Waals surface area contributed by atoms with Crippen LogP contribution in [0, 0.1) is 0 Å². The zero-order valence-corrected chi connectivity index (χ0v) is 29.0. The Morgan fingerprint density at radius 2 is 1.17 bits per heavy atom. The van der Waals surface area contributed by atoms with Crippen LogP contribution in [0.4, 0.5) is 0 Å². The first-order valence-electron chi connectivity index (χ1n) is 17.5. The summed E-state index contributed by atoms with van der Waals surface area (Å²) in [5.74, 6) is 2.66. The van der Waals surface area contributed by atoms with E-state index in [0.717, 1.165) is 82.2 Å². The minimum atomic E-state index is 0.562. The maximum Gasteiger partial charge on any atom is 0.167 e. The first-order chi connectivity index (χ1) is 26.3. The summed E-state index contributed by atoms with van der Waals surface area (Å²) >= 11 is 1.77. The summed E-state index contributed by atoms with van der Waals surface area (Å²) < 4.78 is 11.0. The van der Waals surface area contributed by atoms with Gasteiger partial charge in [0.15, 0.2) is 17.5 Å². The predicted molar refractivity (Wildman–Crippen MR) is 216 cm³/mol. The van der Waals surface area contributed by atoms with Crippen LogP contribution in [0.3, 0.4) is 0 Å². The van der Waals surface area contributed by atoms with Crippen molar-refractivity contribution < 1.29 is 4.42 Å². The lowest BCUT2D eigenvalue weighted by atomic mass is 10.0. The van der Waals surface area contributed by atoms with Crippen molar-refractivity contribution in [3.05, 3.63) is 164 Å². The first-order valence-corrected chi connectivity index (χ1v) is 18.3. The molecule has 53 heavy (non-hydrogen) atoms. The highest BCUT2D eigenvalue weighted by atomic mass is 32.1. The van der Waals surface area contributed by atoms with Gasteiger partial charge >= 0.3 is 0 Å². The Bertz CT molecular complexity index is 3180. The van der Waals surface area contributed by atoms with E-state index in [1.165, 1.54) is 4.70 Å². The van der Waals surface area contributed by atoms with Crippen LogP contribution >= 0.6 is 11.3 Å².